The second kappa shape index (κ2) is 3.35. The maximum atomic E-state index is 11.1. The Bertz CT molecular complexity index is 417. The van der Waals surface area contributed by atoms with Crippen LogP contribution in [0.25, 0.3) is 0 Å². The van der Waals surface area contributed by atoms with Gasteiger partial charge in [-0.1, -0.05) is 0 Å². The van der Waals surface area contributed by atoms with Crippen LogP contribution in [0, 0.1) is 0 Å². The number of furan rings is 1. The highest BCUT2D eigenvalue weighted by Crippen LogP contribution is 2.29. The predicted octanol–water partition coefficient (Wildman–Crippen LogP) is -0.0276. The van der Waals surface area contributed by atoms with E-state index in [4.69, 9.17) is 19.0 Å². The topological polar surface area (TPSA) is 91.8 Å². The zero-order valence-electron chi connectivity index (χ0n) is 7.17. The maximum Gasteiger partial charge on any atom is 0.241 e. The first-order chi connectivity index (χ1) is 6.59. The Labute approximate surface area is 80.6 Å². The summed E-state index contributed by atoms with van der Waals surface area (Å²) in [5.41, 5.74) is 0. The van der Waals surface area contributed by atoms with Crippen LogP contribution in [0.2, 0.25) is 0 Å². The molecule has 1 fully saturated rings. The molecule has 0 radical (unpaired) electrons. The summed E-state index contributed by atoms with van der Waals surface area (Å²) >= 11 is 0. The Morgan fingerprint density at radius 1 is 1.36 bits per heavy atom. The van der Waals surface area contributed by atoms with Gasteiger partial charge < -0.3 is 13.9 Å². The van der Waals surface area contributed by atoms with Crippen LogP contribution in [-0.2, 0) is 19.5 Å². The Balaban J connectivity index is 2.39. The number of hydrogen-bond donors (Lipinski definition) is 1. The van der Waals surface area contributed by atoms with Gasteiger partial charge in [-0.3, -0.25) is 0 Å². The van der Waals surface area contributed by atoms with E-state index >= 15 is 0 Å². The van der Waals surface area contributed by atoms with Crippen molar-refractivity contribution >= 4 is 10.0 Å². The van der Waals surface area contributed by atoms with Gasteiger partial charge >= 0.3 is 0 Å². The molecule has 2 rings (SSSR count). The molecular formula is C7H9NO5S. The van der Waals surface area contributed by atoms with Crippen LogP contribution in [-0.4, -0.2) is 21.6 Å². The van der Waals surface area contributed by atoms with E-state index in [1.54, 1.807) is 0 Å². The second-order valence-electron chi connectivity index (χ2n) is 2.77. The second-order valence-corrected chi connectivity index (χ2v) is 4.30. The summed E-state index contributed by atoms with van der Waals surface area (Å²) in [6, 6.07) is 1.27. The molecule has 7 heteroatoms. The molecule has 0 spiro atoms. The van der Waals surface area contributed by atoms with Crippen molar-refractivity contribution in [2.45, 2.75) is 11.2 Å². The third kappa shape index (κ3) is 1.67. The van der Waals surface area contributed by atoms with E-state index in [-0.39, 0.29) is 10.7 Å². The zero-order chi connectivity index (χ0) is 10.2. The van der Waals surface area contributed by atoms with E-state index in [0.717, 1.165) is 0 Å². The highest BCUT2D eigenvalue weighted by Gasteiger charge is 2.28. The Kier molecular flexibility index (Phi) is 2.31. The van der Waals surface area contributed by atoms with Gasteiger partial charge in [-0.2, -0.15) is 0 Å². The van der Waals surface area contributed by atoms with E-state index in [9.17, 15) is 8.42 Å². The summed E-state index contributed by atoms with van der Waals surface area (Å²) < 4.78 is 37.3. The SMILES string of the molecule is NS(=O)(=O)c1ccoc1C1OCCO1. The molecule has 0 bridgehead atoms. The van der Waals surface area contributed by atoms with E-state index in [1.165, 1.54) is 12.3 Å². The molecule has 1 aliphatic rings. The summed E-state index contributed by atoms with van der Waals surface area (Å²) in [5.74, 6) is 0.102. The first kappa shape index (κ1) is 9.66. The van der Waals surface area contributed by atoms with Gasteiger partial charge in [0.2, 0.25) is 16.3 Å². The van der Waals surface area contributed by atoms with Gasteiger partial charge in [0.15, 0.2) is 5.76 Å². The van der Waals surface area contributed by atoms with Gasteiger partial charge in [0.05, 0.1) is 19.5 Å². The molecule has 2 N–H and O–H groups in total. The molecule has 1 aromatic rings. The fourth-order valence-electron chi connectivity index (χ4n) is 1.23. The smallest absolute Gasteiger partial charge is 0.241 e. The number of rotatable bonds is 2. The van der Waals surface area contributed by atoms with Crippen molar-refractivity contribution in [3.63, 3.8) is 0 Å². The quantitative estimate of drug-likeness (QED) is 0.754. The van der Waals surface area contributed by atoms with Gasteiger partial charge in [-0.25, -0.2) is 13.6 Å². The molecule has 0 unspecified atom stereocenters. The van der Waals surface area contributed by atoms with E-state index in [0.29, 0.717) is 13.2 Å². The predicted molar refractivity (Wildman–Crippen MR) is 44.7 cm³/mol. The Hall–Kier alpha value is -0.890. The number of nitrogens with two attached hydrogens (primary N) is 1. The average Bonchev–Trinajstić information content (AvgIpc) is 2.73. The summed E-state index contributed by atoms with van der Waals surface area (Å²) in [6.07, 6.45) is 0.471. The average molecular weight is 219 g/mol. The largest absolute Gasteiger partial charge is 0.462 e. The minimum atomic E-state index is -3.78. The molecular weight excluding hydrogens is 210 g/mol. The number of ether oxygens (including phenoxy) is 2. The van der Waals surface area contributed by atoms with Crippen molar-refractivity contribution in [1.82, 2.24) is 0 Å². The fourth-order valence-corrected chi connectivity index (χ4v) is 1.90. The molecule has 1 aliphatic heterocycles. The van der Waals surface area contributed by atoms with Crippen LogP contribution >= 0.6 is 0 Å². The highest BCUT2D eigenvalue weighted by atomic mass is 32.2. The van der Waals surface area contributed by atoms with Crippen LogP contribution < -0.4 is 5.14 Å². The molecule has 1 saturated heterocycles. The van der Waals surface area contributed by atoms with Crippen LogP contribution in [0.4, 0.5) is 0 Å². The third-order valence-corrected chi connectivity index (χ3v) is 2.75. The van der Waals surface area contributed by atoms with Gasteiger partial charge in [0.25, 0.3) is 0 Å². The lowest BCUT2D eigenvalue weighted by molar-refractivity contribution is -0.0612. The van der Waals surface area contributed by atoms with E-state index < -0.39 is 16.3 Å². The van der Waals surface area contributed by atoms with Crippen LogP contribution in [0.3, 0.4) is 0 Å². The van der Waals surface area contributed by atoms with Crippen LogP contribution in [0.15, 0.2) is 21.6 Å². The van der Waals surface area contributed by atoms with Gasteiger partial charge in [-0.15, -0.1) is 0 Å². The molecule has 1 aromatic heterocycles. The van der Waals surface area contributed by atoms with Crippen molar-refractivity contribution in [2.75, 3.05) is 13.2 Å². The molecule has 0 amide bonds. The molecule has 2 heterocycles. The Morgan fingerprint density at radius 3 is 2.57 bits per heavy atom. The number of hydrogen-bond acceptors (Lipinski definition) is 5. The normalized spacial score (nSPS) is 18.9. The van der Waals surface area contributed by atoms with E-state index in [2.05, 4.69) is 0 Å². The summed E-state index contributed by atoms with van der Waals surface area (Å²) in [6.45, 7) is 0.824. The summed E-state index contributed by atoms with van der Waals surface area (Å²) in [4.78, 5) is -0.0931. The van der Waals surface area contributed by atoms with Crippen molar-refractivity contribution in [1.29, 1.82) is 0 Å². The van der Waals surface area contributed by atoms with Crippen LogP contribution in [0.5, 0.6) is 0 Å². The zero-order valence-corrected chi connectivity index (χ0v) is 7.99. The first-order valence-electron chi connectivity index (χ1n) is 3.92. The Morgan fingerprint density at radius 2 is 2.00 bits per heavy atom. The molecule has 0 aromatic carbocycles. The van der Waals surface area contributed by atoms with Crippen molar-refractivity contribution in [3.05, 3.63) is 18.1 Å². The molecule has 78 valence electrons. The van der Waals surface area contributed by atoms with Crippen molar-refractivity contribution in [2.24, 2.45) is 5.14 Å². The molecule has 0 saturated carbocycles. The molecule has 0 atom stereocenters. The van der Waals surface area contributed by atoms with E-state index in [1.807, 2.05) is 0 Å². The summed E-state index contributed by atoms with van der Waals surface area (Å²) in [7, 11) is -3.78. The van der Waals surface area contributed by atoms with Crippen molar-refractivity contribution in [3.8, 4) is 0 Å². The van der Waals surface area contributed by atoms with Gasteiger partial charge in [0, 0.05) is 0 Å². The maximum absolute atomic E-state index is 11.1. The minimum absolute atomic E-state index is 0.0931. The highest BCUT2D eigenvalue weighted by molar-refractivity contribution is 7.89. The molecule has 0 aliphatic carbocycles. The molecule has 6 nitrogen and oxygen atoms in total. The van der Waals surface area contributed by atoms with Gasteiger partial charge in [-0.05, 0) is 6.07 Å². The lowest BCUT2D eigenvalue weighted by Crippen LogP contribution is -2.14. The number of sulfonamides is 1. The fraction of sp³-hybridized carbons (Fsp3) is 0.429. The summed E-state index contributed by atoms with van der Waals surface area (Å²) in [5, 5.41) is 4.97. The standard InChI is InChI=1S/C7H9NO5S/c8-14(9,10)5-1-2-11-6(5)7-12-3-4-13-7/h1-2,7H,3-4H2,(H2,8,9,10). The third-order valence-electron chi connectivity index (χ3n) is 1.80. The number of primary sulfonamides is 1. The minimum Gasteiger partial charge on any atom is -0.462 e. The first-order valence-corrected chi connectivity index (χ1v) is 5.47. The van der Waals surface area contributed by atoms with Gasteiger partial charge in [0.1, 0.15) is 4.90 Å². The lowest BCUT2D eigenvalue weighted by atomic mass is 10.4. The monoisotopic (exact) mass is 219 g/mol. The van der Waals surface area contributed by atoms with Crippen molar-refractivity contribution < 1.29 is 22.3 Å². The molecule has 14 heavy (non-hydrogen) atoms. The lowest BCUT2D eigenvalue weighted by Gasteiger charge is -2.06. The van der Waals surface area contributed by atoms with Crippen LogP contribution in [0.1, 0.15) is 12.1 Å².